The number of carbonyl (C=O) groups is 2. The highest BCUT2D eigenvalue weighted by Crippen LogP contribution is 2.25. The Balaban J connectivity index is 1.37. The van der Waals surface area contributed by atoms with Gasteiger partial charge in [-0.25, -0.2) is 14.4 Å². The number of nitrogens with zero attached hydrogens (tertiary/aromatic N) is 4. The van der Waals surface area contributed by atoms with Crippen LogP contribution in [0.5, 0.6) is 0 Å². The lowest BCUT2D eigenvalue weighted by Gasteiger charge is -2.27. The summed E-state index contributed by atoms with van der Waals surface area (Å²) in [4.78, 5) is 37.6. The van der Waals surface area contributed by atoms with Crippen LogP contribution in [0.25, 0.3) is 0 Å². The van der Waals surface area contributed by atoms with Crippen LogP contribution in [0.15, 0.2) is 30.3 Å². The number of hydrogen-bond acceptors (Lipinski definition) is 6. The molecule has 8 nitrogen and oxygen atoms in total. The van der Waals surface area contributed by atoms with Gasteiger partial charge in [-0.05, 0) is 37.3 Å². The van der Waals surface area contributed by atoms with Crippen LogP contribution in [0.1, 0.15) is 17.8 Å². The summed E-state index contributed by atoms with van der Waals surface area (Å²) in [5, 5.41) is 2.89. The first-order chi connectivity index (χ1) is 14.5. The summed E-state index contributed by atoms with van der Waals surface area (Å²) in [6.07, 6.45) is 0.130. The Morgan fingerprint density at radius 1 is 1.23 bits per heavy atom. The normalized spacial score (nSPS) is 19.3. The van der Waals surface area contributed by atoms with Crippen LogP contribution >= 0.6 is 0 Å². The fraction of sp³-hybridized carbons (Fsp3) is 0.429. The highest BCUT2D eigenvalue weighted by Gasteiger charge is 2.35. The molecule has 2 aliphatic rings. The molecule has 2 aliphatic heterocycles. The van der Waals surface area contributed by atoms with Gasteiger partial charge in [0.15, 0.2) is 0 Å². The Morgan fingerprint density at radius 2 is 1.97 bits per heavy atom. The number of benzene rings is 1. The van der Waals surface area contributed by atoms with Crippen molar-refractivity contribution in [2.45, 2.75) is 19.9 Å². The zero-order valence-corrected chi connectivity index (χ0v) is 16.8. The first-order valence-electron chi connectivity index (χ1n) is 10.0. The predicted octanol–water partition coefficient (Wildman–Crippen LogP) is 1.43. The van der Waals surface area contributed by atoms with Gasteiger partial charge in [0.05, 0.1) is 31.4 Å². The molecule has 1 atom stereocenters. The first kappa shape index (κ1) is 20.2. The summed E-state index contributed by atoms with van der Waals surface area (Å²) in [5.41, 5.74) is 2.14. The number of halogens is 1. The second-order valence-corrected chi connectivity index (χ2v) is 7.50. The highest BCUT2D eigenvalue weighted by atomic mass is 19.1. The molecule has 0 saturated carbocycles. The zero-order chi connectivity index (χ0) is 21.1. The van der Waals surface area contributed by atoms with E-state index in [0.717, 1.165) is 24.5 Å². The number of hydrogen-bond donors (Lipinski definition) is 1. The number of nitrogens with one attached hydrogen (secondary N) is 1. The lowest BCUT2D eigenvalue weighted by atomic mass is 10.1. The summed E-state index contributed by atoms with van der Waals surface area (Å²) < 4.78 is 18.5. The van der Waals surface area contributed by atoms with Gasteiger partial charge in [-0.2, -0.15) is 0 Å². The molecule has 2 aromatic rings. The highest BCUT2D eigenvalue weighted by molar-refractivity contribution is 6.00. The third-order valence-corrected chi connectivity index (χ3v) is 5.27. The largest absolute Gasteiger partial charge is 0.378 e. The lowest BCUT2D eigenvalue weighted by Crippen LogP contribution is -2.38. The van der Waals surface area contributed by atoms with Gasteiger partial charge >= 0.3 is 0 Å². The molecule has 3 heterocycles. The maximum absolute atomic E-state index is 13.1. The molecule has 1 aromatic carbocycles. The van der Waals surface area contributed by atoms with Crippen molar-refractivity contribution in [2.24, 2.45) is 5.92 Å². The molecule has 1 N–H and O–H groups in total. The van der Waals surface area contributed by atoms with Crippen molar-refractivity contribution in [1.29, 1.82) is 0 Å². The molecule has 1 aromatic heterocycles. The van der Waals surface area contributed by atoms with E-state index >= 15 is 0 Å². The average Bonchev–Trinajstić information content (AvgIpc) is 3.14. The Morgan fingerprint density at radius 3 is 2.70 bits per heavy atom. The van der Waals surface area contributed by atoms with Gasteiger partial charge in [-0.1, -0.05) is 0 Å². The maximum Gasteiger partial charge on any atom is 0.227 e. The van der Waals surface area contributed by atoms with E-state index < -0.39 is 5.92 Å². The molecule has 2 amide bonds. The minimum atomic E-state index is -0.454. The monoisotopic (exact) mass is 413 g/mol. The smallest absolute Gasteiger partial charge is 0.227 e. The molecule has 0 spiro atoms. The average molecular weight is 413 g/mol. The molecule has 0 radical (unpaired) electrons. The van der Waals surface area contributed by atoms with Crippen LogP contribution in [-0.4, -0.2) is 54.6 Å². The van der Waals surface area contributed by atoms with Crippen LogP contribution in [0.3, 0.4) is 0 Å². The molecule has 2 fully saturated rings. The van der Waals surface area contributed by atoms with E-state index in [2.05, 4.69) is 20.2 Å². The molecular formula is C21H24FN5O3. The third kappa shape index (κ3) is 4.56. The maximum atomic E-state index is 13.1. The van der Waals surface area contributed by atoms with E-state index in [-0.39, 0.29) is 37.1 Å². The van der Waals surface area contributed by atoms with Crippen LogP contribution in [-0.2, 0) is 20.9 Å². The van der Waals surface area contributed by atoms with Gasteiger partial charge in [0, 0.05) is 37.4 Å². The van der Waals surface area contributed by atoms with Crippen molar-refractivity contribution in [3.05, 3.63) is 47.5 Å². The van der Waals surface area contributed by atoms with Gasteiger partial charge in [0.1, 0.15) is 5.82 Å². The number of carbonyl (C=O) groups excluding carboxylic acids is 2. The first-order valence-corrected chi connectivity index (χ1v) is 10.0. The van der Waals surface area contributed by atoms with Crippen molar-refractivity contribution in [3.63, 3.8) is 0 Å². The Bertz CT molecular complexity index is 931. The molecule has 158 valence electrons. The van der Waals surface area contributed by atoms with Gasteiger partial charge in [0.25, 0.3) is 0 Å². The summed E-state index contributed by atoms with van der Waals surface area (Å²) in [6, 6.07) is 7.54. The van der Waals surface area contributed by atoms with E-state index in [4.69, 9.17) is 4.74 Å². The standard InChI is InChI=1S/C21H24FN5O3/c1-14-10-17(25-21(24-14)26-6-8-30-9-7-26)12-23-20(29)15-11-19(28)27(13-15)18-4-2-16(22)3-5-18/h2-5,10,15H,6-9,11-13H2,1H3,(H,23,29). The van der Waals surface area contributed by atoms with Crippen molar-refractivity contribution >= 4 is 23.5 Å². The molecule has 4 rings (SSSR count). The Hall–Kier alpha value is -3.07. The van der Waals surface area contributed by atoms with E-state index in [1.54, 1.807) is 12.1 Å². The van der Waals surface area contributed by atoms with Crippen molar-refractivity contribution in [2.75, 3.05) is 42.6 Å². The summed E-state index contributed by atoms with van der Waals surface area (Å²) in [7, 11) is 0. The summed E-state index contributed by atoms with van der Waals surface area (Å²) >= 11 is 0. The number of amides is 2. The number of aryl methyl sites for hydroxylation is 1. The quantitative estimate of drug-likeness (QED) is 0.798. The van der Waals surface area contributed by atoms with Crippen LogP contribution in [0.2, 0.25) is 0 Å². The van der Waals surface area contributed by atoms with Gasteiger partial charge in [-0.15, -0.1) is 0 Å². The topological polar surface area (TPSA) is 87.7 Å². The SMILES string of the molecule is Cc1cc(CNC(=O)C2CC(=O)N(c3ccc(F)cc3)C2)nc(N2CCOCC2)n1. The Kier molecular flexibility index (Phi) is 5.89. The minimum absolute atomic E-state index is 0.130. The van der Waals surface area contributed by atoms with Gasteiger partial charge in [-0.3, -0.25) is 9.59 Å². The fourth-order valence-corrected chi connectivity index (χ4v) is 3.69. The molecule has 0 aliphatic carbocycles. The zero-order valence-electron chi connectivity index (χ0n) is 16.8. The molecule has 2 saturated heterocycles. The lowest BCUT2D eigenvalue weighted by molar-refractivity contribution is -0.126. The second-order valence-electron chi connectivity index (χ2n) is 7.50. The summed E-state index contributed by atoms with van der Waals surface area (Å²) in [6.45, 7) is 5.19. The molecular weight excluding hydrogens is 389 g/mol. The number of anilines is 2. The predicted molar refractivity (Wildman–Crippen MR) is 109 cm³/mol. The van der Waals surface area contributed by atoms with Crippen molar-refractivity contribution < 1.29 is 18.7 Å². The summed E-state index contributed by atoms with van der Waals surface area (Å²) in [5.74, 6) is -0.520. The molecule has 30 heavy (non-hydrogen) atoms. The van der Waals surface area contributed by atoms with Crippen LogP contribution in [0.4, 0.5) is 16.0 Å². The van der Waals surface area contributed by atoms with Gasteiger partial charge in [0.2, 0.25) is 17.8 Å². The van der Waals surface area contributed by atoms with Crippen LogP contribution < -0.4 is 15.1 Å². The fourth-order valence-electron chi connectivity index (χ4n) is 3.69. The minimum Gasteiger partial charge on any atom is -0.378 e. The molecule has 9 heteroatoms. The van der Waals surface area contributed by atoms with Gasteiger partial charge < -0.3 is 19.9 Å². The van der Waals surface area contributed by atoms with E-state index in [1.807, 2.05) is 13.0 Å². The van der Waals surface area contributed by atoms with Crippen molar-refractivity contribution in [3.8, 4) is 0 Å². The second kappa shape index (κ2) is 8.74. The van der Waals surface area contributed by atoms with Crippen molar-refractivity contribution in [1.82, 2.24) is 15.3 Å². The van der Waals surface area contributed by atoms with E-state index in [9.17, 15) is 14.0 Å². The van der Waals surface area contributed by atoms with E-state index in [1.165, 1.54) is 17.0 Å². The third-order valence-electron chi connectivity index (χ3n) is 5.27. The van der Waals surface area contributed by atoms with E-state index in [0.29, 0.717) is 24.8 Å². The molecule has 0 bridgehead atoms. The van der Waals surface area contributed by atoms with Crippen LogP contribution in [0, 0.1) is 18.7 Å². The number of aromatic nitrogens is 2. The number of morpholine rings is 1. The Labute approximate surface area is 174 Å². The molecule has 1 unspecified atom stereocenters. The number of rotatable bonds is 5. The number of ether oxygens (including phenoxy) is 1.